The van der Waals surface area contributed by atoms with Crippen LogP contribution in [-0.4, -0.2) is 43.3 Å². The molecule has 0 radical (unpaired) electrons. The molecule has 0 aromatic heterocycles. The number of piperidine rings is 3. The molecule has 1 N–H and O–H groups in total. The predicted octanol–water partition coefficient (Wildman–Crippen LogP) is 5.79. The maximum Gasteiger partial charge on any atom is 0.407 e. The molecule has 1 amide bonds. The number of alkyl halides is 2. The molecule has 5 nitrogen and oxygen atoms in total. The number of fused-ring (bicyclic) bond motifs is 4. The summed E-state index contributed by atoms with van der Waals surface area (Å²) in [5.41, 5.74) is 4.15. The van der Waals surface area contributed by atoms with E-state index in [1.807, 2.05) is 6.07 Å². The van der Waals surface area contributed by atoms with E-state index in [9.17, 15) is 13.6 Å². The summed E-state index contributed by atoms with van der Waals surface area (Å²) in [6, 6.07) is 12.8. The van der Waals surface area contributed by atoms with Gasteiger partial charge in [0.05, 0.1) is 6.04 Å². The van der Waals surface area contributed by atoms with Crippen LogP contribution in [0.25, 0.3) is 11.1 Å². The van der Waals surface area contributed by atoms with Gasteiger partial charge in [0.25, 0.3) is 0 Å². The van der Waals surface area contributed by atoms with Gasteiger partial charge in [0, 0.05) is 6.54 Å². The summed E-state index contributed by atoms with van der Waals surface area (Å²) in [4.78, 5) is 15.3. The van der Waals surface area contributed by atoms with Gasteiger partial charge in [-0.15, -0.1) is 0 Å². The first-order chi connectivity index (χ1) is 16.3. The molecule has 2 aromatic rings. The van der Waals surface area contributed by atoms with Crippen molar-refractivity contribution in [1.82, 2.24) is 10.2 Å². The molecular weight excluding hydrogens is 438 g/mol. The van der Waals surface area contributed by atoms with Crippen LogP contribution in [0.15, 0.2) is 42.5 Å². The zero-order valence-electron chi connectivity index (χ0n) is 19.7. The summed E-state index contributed by atoms with van der Waals surface area (Å²) in [7, 11) is 0. The molecular formula is C27H32F2N2O3. The number of rotatable bonds is 5. The normalized spacial score (nSPS) is 27.2. The van der Waals surface area contributed by atoms with Crippen molar-refractivity contribution in [3.63, 3.8) is 0 Å². The lowest BCUT2D eigenvalue weighted by Crippen LogP contribution is -2.53. The topological polar surface area (TPSA) is 50.8 Å². The van der Waals surface area contributed by atoms with Crippen molar-refractivity contribution in [2.24, 2.45) is 11.3 Å². The average molecular weight is 471 g/mol. The minimum atomic E-state index is -2.83. The number of nitrogens with one attached hydrogen (secondary N) is 1. The molecule has 2 bridgehead atoms. The fraction of sp³-hybridized carbons (Fsp3) is 0.519. The van der Waals surface area contributed by atoms with Gasteiger partial charge in [-0.3, -0.25) is 4.90 Å². The summed E-state index contributed by atoms with van der Waals surface area (Å²) in [5, 5.41) is 3.19. The van der Waals surface area contributed by atoms with Gasteiger partial charge in [-0.05, 0) is 84.5 Å². The Morgan fingerprint density at radius 3 is 2.44 bits per heavy atom. The molecule has 3 fully saturated rings. The monoisotopic (exact) mass is 470 g/mol. The van der Waals surface area contributed by atoms with Crippen LogP contribution in [0.5, 0.6) is 5.75 Å². The second-order valence-corrected chi connectivity index (χ2v) is 10.5. The molecule has 0 saturated carbocycles. The number of hydrogen-bond acceptors (Lipinski definition) is 4. The summed E-state index contributed by atoms with van der Waals surface area (Å²) in [6.07, 6.45) is 3.71. The lowest BCUT2D eigenvalue weighted by atomic mass is 9.70. The Kier molecular flexibility index (Phi) is 6.23. The molecule has 1 unspecified atom stereocenters. The van der Waals surface area contributed by atoms with Crippen LogP contribution in [0.3, 0.4) is 0 Å². The molecule has 182 valence electrons. The number of carbonyl (C=O) groups excluding carboxylic acids is 1. The van der Waals surface area contributed by atoms with Crippen molar-refractivity contribution in [3.05, 3.63) is 53.6 Å². The number of halogens is 2. The van der Waals surface area contributed by atoms with Crippen molar-refractivity contribution < 1.29 is 23.0 Å². The van der Waals surface area contributed by atoms with E-state index in [1.165, 1.54) is 5.56 Å². The first-order valence-corrected chi connectivity index (χ1v) is 12.2. The molecule has 3 saturated heterocycles. The van der Waals surface area contributed by atoms with E-state index in [0.29, 0.717) is 5.92 Å². The standard InChI is InChI=1S/C27H32F2N2O3/c1-27(2)12-9-20-15-19(17-3-6-21(7-4-17)33-25(28)29)5-8-22(20)24(27)30-26(32)34-23-16-31-13-10-18(23)11-14-31/h3-8,15,18,23-25H,9-14,16H2,1-2H3,(H,30,32)/t23-,24?/m0/s1. The number of nitrogens with zero attached hydrogens (tertiary/aromatic N) is 1. The SMILES string of the molecule is CC1(C)CCc2cc(-c3ccc(OC(F)F)cc3)ccc2C1NC(=O)O[C@H]1CN2CCC1CC2. The summed E-state index contributed by atoms with van der Waals surface area (Å²) < 4.78 is 35.2. The van der Waals surface area contributed by atoms with Gasteiger partial charge >= 0.3 is 12.7 Å². The van der Waals surface area contributed by atoms with Crippen LogP contribution >= 0.6 is 0 Å². The van der Waals surface area contributed by atoms with Crippen LogP contribution in [-0.2, 0) is 11.2 Å². The van der Waals surface area contributed by atoms with Crippen LogP contribution < -0.4 is 10.1 Å². The van der Waals surface area contributed by atoms with Crippen LogP contribution in [0.1, 0.15) is 50.3 Å². The molecule has 2 atom stereocenters. The molecule has 1 aliphatic carbocycles. The van der Waals surface area contributed by atoms with Gasteiger partial charge in [0.2, 0.25) is 0 Å². The van der Waals surface area contributed by atoms with Gasteiger partial charge in [-0.2, -0.15) is 8.78 Å². The molecule has 2 aromatic carbocycles. The van der Waals surface area contributed by atoms with E-state index < -0.39 is 6.61 Å². The van der Waals surface area contributed by atoms with E-state index in [-0.39, 0.29) is 29.4 Å². The smallest absolute Gasteiger partial charge is 0.407 e. The molecule has 3 heterocycles. The summed E-state index contributed by atoms with van der Waals surface area (Å²) in [5.74, 6) is 0.617. The zero-order chi connectivity index (χ0) is 23.9. The van der Waals surface area contributed by atoms with Gasteiger partial charge in [0.1, 0.15) is 11.9 Å². The number of amides is 1. The number of aryl methyl sites for hydroxylation is 1. The third-order valence-corrected chi connectivity index (χ3v) is 7.80. The van der Waals surface area contributed by atoms with E-state index in [1.54, 1.807) is 24.3 Å². The average Bonchev–Trinajstić information content (AvgIpc) is 2.82. The molecule has 0 spiro atoms. The predicted molar refractivity (Wildman–Crippen MR) is 126 cm³/mol. The quantitative estimate of drug-likeness (QED) is 0.601. The van der Waals surface area contributed by atoms with Gasteiger partial charge < -0.3 is 14.8 Å². The number of alkyl carbamates (subject to hydrolysis) is 1. The van der Waals surface area contributed by atoms with Crippen LogP contribution in [0.2, 0.25) is 0 Å². The highest BCUT2D eigenvalue weighted by Crippen LogP contribution is 2.44. The van der Waals surface area contributed by atoms with Crippen LogP contribution in [0, 0.1) is 11.3 Å². The number of ether oxygens (including phenoxy) is 2. The second-order valence-electron chi connectivity index (χ2n) is 10.5. The van der Waals surface area contributed by atoms with Gasteiger partial charge in [-0.25, -0.2) is 4.79 Å². The van der Waals surface area contributed by atoms with Crippen molar-refractivity contribution in [3.8, 4) is 16.9 Å². The maximum absolute atomic E-state index is 12.9. The van der Waals surface area contributed by atoms with Crippen molar-refractivity contribution in [2.75, 3.05) is 19.6 Å². The van der Waals surface area contributed by atoms with Gasteiger partial charge in [0.15, 0.2) is 0 Å². The molecule has 4 aliphatic rings. The van der Waals surface area contributed by atoms with E-state index in [4.69, 9.17) is 4.74 Å². The summed E-state index contributed by atoms with van der Waals surface area (Å²) >= 11 is 0. The Morgan fingerprint density at radius 1 is 1.09 bits per heavy atom. The second kappa shape index (κ2) is 9.17. The zero-order valence-corrected chi connectivity index (χ0v) is 19.7. The largest absolute Gasteiger partial charge is 0.445 e. The first-order valence-electron chi connectivity index (χ1n) is 12.2. The molecule has 34 heavy (non-hydrogen) atoms. The number of carbonyl (C=O) groups is 1. The Labute approximate surface area is 199 Å². The summed E-state index contributed by atoms with van der Waals surface area (Å²) in [6.45, 7) is 4.60. The van der Waals surface area contributed by atoms with E-state index >= 15 is 0 Å². The minimum absolute atomic E-state index is 0.0203. The lowest BCUT2D eigenvalue weighted by Gasteiger charge is -2.44. The highest BCUT2D eigenvalue weighted by atomic mass is 19.3. The third-order valence-electron chi connectivity index (χ3n) is 7.80. The molecule has 6 rings (SSSR count). The van der Waals surface area contributed by atoms with Crippen LogP contribution in [0.4, 0.5) is 13.6 Å². The van der Waals surface area contributed by atoms with E-state index in [0.717, 1.165) is 62.0 Å². The maximum atomic E-state index is 12.9. The van der Waals surface area contributed by atoms with E-state index in [2.05, 4.69) is 40.9 Å². The fourth-order valence-corrected chi connectivity index (χ4v) is 5.74. The highest BCUT2D eigenvalue weighted by Gasteiger charge is 2.40. The number of benzene rings is 2. The Morgan fingerprint density at radius 2 is 1.79 bits per heavy atom. The minimum Gasteiger partial charge on any atom is -0.445 e. The van der Waals surface area contributed by atoms with Crippen molar-refractivity contribution >= 4 is 6.09 Å². The Balaban J connectivity index is 1.32. The van der Waals surface area contributed by atoms with Crippen molar-refractivity contribution in [2.45, 2.75) is 58.3 Å². The lowest BCUT2D eigenvalue weighted by molar-refractivity contribution is -0.0498. The highest BCUT2D eigenvalue weighted by molar-refractivity contribution is 5.70. The third kappa shape index (κ3) is 4.76. The Bertz CT molecular complexity index is 1030. The molecule has 3 aliphatic heterocycles. The number of hydrogen-bond donors (Lipinski definition) is 1. The van der Waals surface area contributed by atoms with Crippen molar-refractivity contribution in [1.29, 1.82) is 0 Å². The molecule has 7 heteroatoms. The van der Waals surface area contributed by atoms with Gasteiger partial charge in [-0.1, -0.05) is 44.2 Å². The Hall–Kier alpha value is -2.67. The first kappa shape index (κ1) is 23.1. The fourth-order valence-electron chi connectivity index (χ4n) is 5.74.